The zero-order valence-electron chi connectivity index (χ0n) is 10.9. The molecule has 5 heteroatoms. The Balaban J connectivity index is 2.82. The van der Waals surface area contributed by atoms with Gasteiger partial charge in [-0.1, -0.05) is 26.3 Å². The van der Waals surface area contributed by atoms with E-state index in [9.17, 15) is 9.59 Å². The minimum Gasteiger partial charge on any atom is -0.354 e. The quantitative estimate of drug-likeness (QED) is 0.594. The molecule has 1 N–H and O–H groups in total. The second-order valence-electron chi connectivity index (χ2n) is 4.18. The lowest BCUT2D eigenvalue weighted by atomic mass is 10.3. The Morgan fingerprint density at radius 3 is 2.83 bits per heavy atom. The molecule has 0 bridgehead atoms. The normalized spacial score (nSPS) is 12.3. The third-order valence-electron chi connectivity index (χ3n) is 2.66. The summed E-state index contributed by atoms with van der Waals surface area (Å²) in [6.45, 7) is 7.97. The zero-order valence-corrected chi connectivity index (χ0v) is 10.9. The van der Waals surface area contributed by atoms with Crippen molar-refractivity contribution in [2.75, 3.05) is 6.61 Å². The summed E-state index contributed by atoms with van der Waals surface area (Å²) in [7, 11) is 0. The zero-order chi connectivity index (χ0) is 13.5. The molecule has 0 spiro atoms. The standard InChI is InChI=1S/C13H20N2O3/c1-4-6-7-8-18-11(5-2)15-9-10(3)12(16)14-13(15)17/h5,9,11H,2,4,6-8H2,1,3H3,(H,14,16,17). The Kier molecular flexibility index (Phi) is 5.58. The summed E-state index contributed by atoms with van der Waals surface area (Å²) in [5.41, 5.74) is -0.380. The van der Waals surface area contributed by atoms with Crippen LogP contribution in [0.1, 0.15) is 38.0 Å². The van der Waals surface area contributed by atoms with Crippen LogP contribution in [0.2, 0.25) is 0 Å². The van der Waals surface area contributed by atoms with Crippen LogP contribution < -0.4 is 11.2 Å². The average molecular weight is 252 g/mol. The molecule has 0 saturated carbocycles. The summed E-state index contributed by atoms with van der Waals surface area (Å²) >= 11 is 0. The predicted molar refractivity (Wildman–Crippen MR) is 70.8 cm³/mol. The predicted octanol–water partition coefficient (Wildman–Crippen LogP) is 1.74. The monoisotopic (exact) mass is 252 g/mol. The second kappa shape index (κ2) is 6.96. The molecule has 0 saturated heterocycles. The van der Waals surface area contributed by atoms with E-state index in [0.29, 0.717) is 12.2 Å². The molecule has 1 unspecified atom stereocenters. The van der Waals surface area contributed by atoms with Crippen LogP contribution >= 0.6 is 0 Å². The Hall–Kier alpha value is -1.62. The minimum absolute atomic E-state index is 0.370. The maximum absolute atomic E-state index is 11.7. The van der Waals surface area contributed by atoms with Crippen molar-refractivity contribution in [2.24, 2.45) is 0 Å². The first-order chi connectivity index (χ1) is 8.60. The average Bonchev–Trinajstić information content (AvgIpc) is 2.35. The minimum atomic E-state index is -0.537. The van der Waals surface area contributed by atoms with E-state index in [1.54, 1.807) is 13.0 Å². The van der Waals surface area contributed by atoms with Crippen LogP contribution in [0.4, 0.5) is 0 Å². The van der Waals surface area contributed by atoms with E-state index >= 15 is 0 Å². The topological polar surface area (TPSA) is 64.1 Å². The Morgan fingerprint density at radius 2 is 2.22 bits per heavy atom. The molecule has 18 heavy (non-hydrogen) atoms. The van der Waals surface area contributed by atoms with E-state index in [1.807, 2.05) is 0 Å². The van der Waals surface area contributed by atoms with Crippen LogP contribution in [0.25, 0.3) is 0 Å². The summed E-state index contributed by atoms with van der Waals surface area (Å²) in [6, 6.07) is 0. The van der Waals surface area contributed by atoms with Crippen molar-refractivity contribution in [3.63, 3.8) is 0 Å². The largest absolute Gasteiger partial charge is 0.354 e. The van der Waals surface area contributed by atoms with Gasteiger partial charge in [-0.2, -0.15) is 0 Å². The van der Waals surface area contributed by atoms with E-state index in [4.69, 9.17) is 4.74 Å². The first kappa shape index (κ1) is 14.4. The highest BCUT2D eigenvalue weighted by molar-refractivity contribution is 5.02. The van der Waals surface area contributed by atoms with Crippen LogP contribution in [-0.2, 0) is 4.74 Å². The lowest BCUT2D eigenvalue weighted by molar-refractivity contribution is 0.0320. The number of hydrogen-bond donors (Lipinski definition) is 1. The van der Waals surface area contributed by atoms with Crippen LogP contribution in [0.15, 0.2) is 28.4 Å². The van der Waals surface area contributed by atoms with Gasteiger partial charge >= 0.3 is 5.69 Å². The molecule has 1 rings (SSSR count). The molecular weight excluding hydrogens is 232 g/mol. The van der Waals surface area contributed by atoms with Gasteiger partial charge in [-0.25, -0.2) is 4.79 Å². The molecule has 0 radical (unpaired) electrons. The van der Waals surface area contributed by atoms with Crippen molar-refractivity contribution >= 4 is 0 Å². The van der Waals surface area contributed by atoms with E-state index in [-0.39, 0.29) is 5.56 Å². The van der Waals surface area contributed by atoms with Gasteiger partial charge in [-0.05, 0) is 19.4 Å². The molecule has 0 aromatic carbocycles. The molecule has 0 aliphatic rings. The fourth-order valence-corrected chi connectivity index (χ4v) is 1.59. The van der Waals surface area contributed by atoms with Crippen molar-refractivity contribution in [3.8, 4) is 0 Å². The van der Waals surface area contributed by atoms with Crippen molar-refractivity contribution in [2.45, 2.75) is 39.3 Å². The summed E-state index contributed by atoms with van der Waals surface area (Å²) in [5.74, 6) is 0. The third-order valence-corrected chi connectivity index (χ3v) is 2.66. The fourth-order valence-electron chi connectivity index (χ4n) is 1.59. The van der Waals surface area contributed by atoms with E-state index in [0.717, 1.165) is 19.3 Å². The van der Waals surface area contributed by atoms with Gasteiger partial charge < -0.3 is 4.74 Å². The number of H-pyrrole nitrogens is 1. The molecule has 0 fully saturated rings. The molecule has 5 nitrogen and oxygen atoms in total. The van der Waals surface area contributed by atoms with Crippen molar-refractivity contribution in [3.05, 3.63) is 45.3 Å². The van der Waals surface area contributed by atoms with Crippen LogP contribution in [0.3, 0.4) is 0 Å². The highest BCUT2D eigenvalue weighted by Gasteiger charge is 2.10. The van der Waals surface area contributed by atoms with Gasteiger partial charge in [0, 0.05) is 18.4 Å². The highest BCUT2D eigenvalue weighted by Crippen LogP contribution is 2.08. The molecule has 0 aliphatic heterocycles. The molecule has 0 aliphatic carbocycles. The van der Waals surface area contributed by atoms with Crippen LogP contribution in [0.5, 0.6) is 0 Å². The number of rotatable bonds is 7. The van der Waals surface area contributed by atoms with Gasteiger partial charge in [-0.3, -0.25) is 14.3 Å². The summed E-state index contributed by atoms with van der Waals surface area (Å²) < 4.78 is 6.92. The van der Waals surface area contributed by atoms with Crippen molar-refractivity contribution in [1.82, 2.24) is 9.55 Å². The maximum Gasteiger partial charge on any atom is 0.330 e. The van der Waals surface area contributed by atoms with Gasteiger partial charge in [0.1, 0.15) is 0 Å². The first-order valence-electron chi connectivity index (χ1n) is 6.16. The molecule has 1 heterocycles. The van der Waals surface area contributed by atoms with Gasteiger partial charge in [-0.15, -0.1) is 0 Å². The van der Waals surface area contributed by atoms with Crippen LogP contribution in [0, 0.1) is 6.92 Å². The maximum atomic E-state index is 11.7. The van der Waals surface area contributed by atoms with E-state index in [1.165, 1.54) is 10.8 Å². The number of aryl methyl sites for hydroxylation is 1. The smallest absolute Gasteiger partial charge is 0.330 e. The fraction of sp³-hybridized carbons (Fsp3) is 0.538. The van der Waals surface area contributed by atoms with Gasteiger partial charge in [0.25, 0.3) is 5.56 Å². The summed E-state index contributed by atoms with van der Waals surface area (Å²) in [5, 5.41) is 0. The molecule has 100 valence electrons. The van der Waals surface area contributed by atoms with Crippen LogP contribution in [-0.4, -0.2) is 16.2 Å². The van der Waals surface area contributed by atoms with Gasteiger partial charge in [0.15, 0.2) is 6.23 Å². The van der Waals surface area contributed by atoms with Crippen molar-refractivity contribution < 1.29 is 4.74 Å². The number of aromatic amines is 1. The van der Waals surface area contributed by atoms with Crippen molar-refractivity contribution in [1.29, 1.82) is 0 Å². The SMILES string of the molecule is C=CC(OCCCCC)n1cc(C)c(=O)[nH]c1=O. The second-order valence-corrected chi connectivity index (χ2v) is 4.18. The molecular formula is C13H20N2O3. The van der Waals surface area contributed by atoms with Gasteiger partial charge in [0.05, 0.1) is 0 Å². The number of hydrogen-bond acceptors (Lipinski definition) is 3. The first-order valence-corrected chi connectivity index (χ1v) is 6.16. The number of nitrogens with one attached hydrogen (secondary N) is 1. The van der Waals surface area contributed by atoms with Gasteiger partial charge in [0.2, 0.25) is 0 Å². The number of unbranched alkanes of at least 4 members (excludes halogenated alkanes) is 2. The Bertz CT molecular complexity index is 502. The Morgan fingerprint density at radius 1 is 1.50 bits per heavy atom. The summed E-state index contributed by atoms with van der Waals surface area (Å²) in [4.78, 5) is 25.2. The molecule has 0 amide bonds. The highest BCUT2D eigenvalue weighted by atomic mass is 16.5. The number of aromatic nitrogens is 2. The van der Waals surface area contributed by atoms with E-state index in [2.05, 4.69) is 18.5 Å². The third kappa shape index (κ3) is 3.70. The lowest BCUT2D eigenvalue weighted by Crippen LogP contribution is -2.33. The lowest BCUT2D eigenvalue weighted by Gasteiger charge is -2.16. The molecule has 1 aromatic rings. The number of ether oxygens (including phenoxy) is 1. The Labute approximate surface area is 106 Å². The summed E-state index contributed by atoms with van der Waals surface area (Å²) in [6.07, 6.45) is 5.64. The number of nitrogens with zero attached hydrogens (tertiary/aromatic N) is 1. The molecule has 1 atom stereocenters. The van der Waals surface area contributed by atoms with E-state index < -0.39 is 11.9 Å². The molecule has 1 aromatic heterocycles.